The third kappa shape index (κ3) is 5.42. The maximum absolute atomic E-state index is 12.6. The van der Waals surface area contributed by atoms with Crippen LogP contribution in [0.4, 0.5) is 5.69 Å². The fourth-order valence-electron chi connectivity index (χ4n) is 5.19. The quantitative estimate of drug-likeness (QED) is 0.594. The number of aliphatic hydroxyl groups excluding tert-OH is 1. The highest BCUT2D eigenvalue weighted by molar-refractivity contribution is 5.92. The summed E-state index contributed by atoms with van der Waals surface area (Å²) in [6, 6.07) is 5.91. The molecule has 0 aromatic heterocycles. The summed E-state index contributed by atoms with van der Waals surface area (Å²) in [6.07, 6.45) is 5.54. The van der Waals surface area contributed by atoms with Gasteiger partial charge in [0.1, 0.15) is 18.0 Å². The SMILES string of the molecule is CN(C)CC(=O)Nc1ccc2c(c1)[C@@H]1C[C@H](CC(=O)NC3CCCCC3)O[C@H](CO)[C@@H]1O2. The van der Waals surface area contributed by atoms with Crippen molar-refractivity contribution in [2.24, 2.45) is 0 Å². The van der Waals surface area contributed by atoms with Crippen molar-refractivity contribution in [2.75, 3.05) is 32.6 Å². The third-order valence-corrected chi connectivity index (χ3v) is 6.63. The van der Waals surface area contributed by atoms with Crippen molar-refractivity contribution >= 4 is 17.5 Å². The Balaban J connectivity index is 1.43. The summed E-state index contributed by atoms with van der Waals surface area (Å²) >= 11 is 0. The van der Waals surface area contributed by atoms with Crippen LogP contribution >= 0.6 is 0 Å². The monoisotopic (exact) mass is 445 g/mol. The molecule has 2 amide bonds. The number of nitrogens with one attached hydrogen (secondary N) is 2. The average molecular weight is 446 g/mol. The zero-order valence-corrected chi connectivity index (χ0v) is 19.0. The van der Waals surface area contributed by atoms with E-state index in [0.29, 0.717) is 13.0 Å². The number of amides is 2. The second-order valence-electron chi connectivity index (χ2n) is 9.55. The Labute approximate surface area is 189 Å². The van der Waals surface area contributed by atoms with E-state index in [2.05, 4.69) is 10.6 Å². The normalized spacial score (nSPS) is 27.4. The molecule has 0 radical (unpaired) electrons. The molecule has 1 aliphatic carbocycles. The lowest BCUT2D eigenvalue weighted by Gasteiger charge is -2.37. The Kier molecular flexibility index (Phi) is 7.33. The number of hydrogen-bond donors (Lipinski definition) is 3. The largest absolute Gasteiger partial charge is 0.487 e. The van der Waals surface area contributed by atoms with Gasteiger partial charge < -0.3 is 30.1 Å². The van der Waals surface area contributed by atoms with Gasteiger partial charge in [0.05, 0.1) is 25.7 Å². The first-order valence-electron chi connectivity index (χ1n) is 11.7. The number of fused-ring (bicyclic) bond motifs is 3. The van der Waals surface area contributed by atoms with Crippen LogP contribution in [0.3, 0.4) is 0 Å². The van der Waals surface area contributed by atoms with Gasteiger partial charge in [-0.15, -0.1) is 0 Å². The summed E-state index contributed by atoms with van der Waals surface area (Å²) in [4.78, 5) is 26.6. The maximum Gasteiger partial charge on any atom is 0.238 e. The van der Waals surface area contributed by atoms with Crippen molar-refractivity contribution < 1.29 is 24.2 Å². The number of ether oxygens (including phenoxy) is 2. The summed E-state index contributed by atoms with van der Waals surface area (Å²) in [7, 11) is 3.70. The van der Waals surface area contributed by atoms with Gasteiger partial charge >= 0.3 is 0 Å². The van der Waals surface area contributed by atoms with Crippen LogP contribution in [0, 0.1) is 0 Å². The fraction of sp³-hybridized carbons (Fsp3) is 0.667. The molecule has 0 spiro atoms. The van der Waals surface area contributed by atoms with Crippen LogP contribution in [0.5, 0.6) is 5.75 Å². The fourth-order valence-corrected chi connectivity index (χ4v) is 5.19. The number of anilines is 1. The molecule has 4 rings (SSSR count). The number of rotatable bonds is 7. The molecule has 0 bridgehead atoms. The Bertz CT molecular complexity index is 824. The molecule has 0 unspecified atom stereocenters. The van der Waals surface area contributed by atoms with Crippen molar-refractivity contribution in [2.45, 2.75) is 75.2 Å². The van der Waals surface area contributed by atoms with Gasteiger partial charge in [-0.2, -0.15) is 0 Å². The lowest BCUT2D eigenvalue weighted by atomic mass is 9.84. The summed E-state index contributed by atoms with van der Waals surface area (Å²) in [6.45, 7) is 0.139. The summed E-state index contributed by atoms with van der Waals surface area (Å²) in [5.74, 6) is 0.692. The first-order chi connectivity index (χ1) is 15.4. The van der Waals surface area contributed by atoms with Crippen molar-refractivity contribution in [3.63, 3.8) is 0 Å². The Morgan fingerprint density at radius 1 is 1.16 bits per heavy atom. The molecule has 4 atom stereocenters. The number of benzene rings is 1. The minimum absolute atomic E-state index is 0.00841. The lowest BCUT2D eigenvalue weighted by Crippen LogP contribution is -2.48. The summed E-state index contributed by atoms with van der Waals surface area (Å²) in [5, 5.41) is 16.0. The number of hydrogen-bond acceptors (Lipinski definition) is 6. The first kappa shape index (κ1) is 23.0. The molecule has 176 valence electrons. The van der Waals surface area contributed by atoms with Crippen molar-refractivity contribution in [1.29, 1.82) is 0 Å². The average Bonchev–Trinajstić information content (AvgIpc) is 3.11. The molecule has 1 aromatic rings. The molecule has 1 saturated heterocycles. The Morgan fingerprint density at radius 2 is 1.94 bits per heavy atom. The number of aliphatic hydroxyl groups is 1. The molecule has 3 aliphatic rings. The van der Waals surface area contributed by atoms with Crippen LogP contribution in [0.2, 0.25) is 0 Å². The number of likely N-dealkylation sites (N-methyl/N-ethyl adjacent to an activating group) is 1. The molecular formula is C24H35N3O5. The number of carbonyl (C=O) groups excluding carboxylic acids is 2. The van der Waals surface area contributed by atoms with E-state index in [0.717, 1.165) is 29.8 Å². The van der Waals surface area contributed by atoms with Gasteiger partial charge in [0.25, 0.3) is 0 Å². The van der Waals surface area contributed by atoms with Crippen LogP contribution in [-0.2, 0) is 14.3 Å². The topological polar surface area (TPSA) is 100 Å². The predicted octanol–water partition coefficient (Wildman–Crippen LogP) is 2.02. The van der Waals surface area contributed by atoms with E-state index in [1.165, 1.54) is 19.3 Å². The highest BCUT2D eigenvalue weighted by Crippen LogP contribution is 2.47. The van der Waals surface area contributed by atoms with Crippen molar-refractivity contribution in [1.82, 2.24) is 10.2 Å². The second kappa shape index (κ2) is 10.2. The predicted molar refractivity (Wildman–Crippen MR) is 121 cm³/mol. The molecule has 3 N–H and O–H groups in total. The molecule has 8 nitrogen and oxygen atoms in total. The lowest BCUT2D eigenvalue weighted by molar-refractivity contribution is -0.142. The maximum atomic E-state index is 12.6. The molecule has 2 aliphatic heterocycles. The van der Waals surface area contributed by atoms with Gasteiger partial charge in [0, 0.05) is 23.2 Å². The first-order valence-corrected chi connectivity index (χ1v) is 11.7. The second-order valence-corrected chi connectivity index (χ2v) is 9.55. The van der Waals surface area contributed by atoms with E-state index in [-0.39, 0.29) is 49.0 Å². The van der Waals surface area contributed by atoms with Gasteiger partial charge in [-0.05, 0) is 51.6 Å². The van der Waals surface area contributed by atoms with Crippen molar-refractivity contribution in [3.8, 4) is 5.75 Å². The zero-order valence-electron chi connectivity index (χ0n) is 19.0. The molecule has 2 heterocycles. The zero-order chi connectivity index (χ0) is 22.7. The Morgan fingerprint density at radius 3 is 2.66 bits per heavy atom. The third-order valence-electron chi connectivity index (χ3n) is 6.63. The molecular weight excluding hydrogens is 410 g/mol. The van der Waals surface area contributed by atoms with Gasteiger partial charge in [-0.1, -0.05) is 19.3 Å². The van der Waals surface area contributed by atoms with E-state index >= 15 is 0 Å². The highest BCUT2D eigenvalue weighted by atomic mass is 16.6. The minimum atomic E-state index is -0.486. The minimum Gasteiger partial charge on any atom is -0.487 e. The van der Waals surface area contributed by atoms with Crippen LogP contribution in [-0.4, -0.2) is 73.4 Å². The van der Waals surface area contributed by atoms with Gasteiger partial charge in [0.2, 0.25) is 11.8 Å². The van der Waals surface area contributed by atoms with E-state index in [9.17, 15) is 14.7 Å². The highest BCUT2D eigenvalue weighted by Gasteiger charge is 2.46. The van der Waals surface area contributed by atoms with Crippen LogP contribution in [0.25, 0.3) is 0 Å². The van der Waals surface area contributed by atoms with Gasteiger partial charge in [-0.25, -0.2) is 0 Å². The van der Waals surface area contributed by atoms with Gasteiger partial charge in [0.15, 0.2) is 0 Å². The Hall–Kier alpha value is -2.16. The van der Waals surface area contributed by atoms with E-state index < -0.39 is 6.10 Å². The van der Waals surface area contributed by atoms with Gasteiger partial charge in [-0.3, -0.25) is 9.59 Å². The molecule has 1 saturated carbocycles. The number of carbonyl (C=O) groups is 2. The number of nitrogens with zero attached hydrogens (tertiary/aromatic N) is 1. The standard InChI is InChI=1S/C24H35N3O5/c1-27(2)13-23(30)26-16-8-9-20-18(10-16)19-11-17(31-21(14-28)24(19)32-20)12-22(29)25-15-6-4-3-5-7-15/h8-10,15,17,19,21,24,28H,3-7,11-14H2,1-2H3,(H,25,29)(H,26,30)/t17-,19+,21-,24-/m1/s1. The van der Waals surface area contributed by atoms with Crippen LogP contribution in [0.15, 0.2) is 18.2 Å². The van der Waals surface area contributed by atoms with E-state index in [4.69, 9.17) is 9.47 Å². The summed E-state index contributed by atoms with van der Waals surface area (Å²) in [5.41, 5.74) is 1.72. The van der Waals surface area contributed by atoms with Crippen molar-refractivity contribution in [3.05, 3.63) is 23.8 Å². The van der Waals surface area contributed by atoms with Crippen LogP contribution in [0.1, 0.15) is 56.4 Å². The summed E-state index contributed by atoms with van der Waals surface area (Å²) < 4.78 is 12.2. The molecule has 32 heavy (non-hydrogen) atoms. The molecule has 8 heteroatoms. The smallest absolute Gasteiger partial charge is 0.238 e. The van der Waals surface area contributed by atoms with Crippen LogP contribution < -0.4 is 15.4 Å². The van der Waals surface area contributed by atoms with E-state index in [1.54, 1.807) is 0 Å². The molecule has 1 aromatic carbocycles. The molecule has 2 fully saturated rings. The van der Waals surface area contributed by atoms with E-state index in [1.807, 2.05) is 37.2 Å².